The monoisotopic (exact) mass is 195 g/mol. The van der Waals surface area contributed by atoms with E-state index in [1.165, 1.54) is 25.7 Å². The summed E-state index contributed by atoms with van der Waals surface area (Å²) in [5.74, 6) is 1.61. The summed E-state index contributed by atoms with van der Waals surface area (Å²) in [6, 6.07) is 0. The Labute approximate surface area is 84.3 Å². The molecule has 0 radical (unpaired) electrons. The molecule has 2 rings (SSSR count). The predicted octanol–water partition coefficient (Wildman–Crippen LogP) is 2.89. The van der Waals surface area contributed by atoms with Crippen molar-refractivity contribution >= 4 is 0 Å². The summed E-state index contributed by atoms with van der Waals surface area (Å²) in [5.41, 5.74) is 8.21. The van der Waals surface area contributed by atoms with Crippen LogP contribution in [-0.4, -0.2) is 19.3 Å². The number of hydrogen-bond acceptors (Lipinski definition) is 2. The van der Waals surface area contributed by atoms with Gasteiger partial charge in [-0.15, -0.1) is 0 Å². The van der Waals surface area contributed by atoms with Crippen LogP contribution in [0.5, 0.6) is 0 Å². The third-order valence-corrected chi connectivity index (χ3v) is 3.53. The Kier molecular flexibility index (Phi) is 3.27. The SMILES string of the molecule is [N-]=[N+]=NC[C@H]1C[C@H](C2CCCC2)CO1. The minimum Gasteiger partial charge on any atom is -0.378 e. The molecular formula is C10H17N3O. The molecule has 0 N–H and O–H groups in total. The van der Waals surface area contributed by atoms with Crippen LogP contribution in [0.15, 0.2) is 5.11 Å². The second-order valence-corrected chi connectivity index (χ2v) is 4.41. The van der Waals surface area contributed by atoms with Gasteiger partial charge in [0.05, 0.1) is 19.3 Å². The molecular weight excluding hydrogens is 178 g/mol. The molecule has 14 heavy (non-hydrogen) atoms. The number of ether oxygens (including phenoxy) is 1. The van der Waals surface area contributed by atoms with Crippen molar-refractivity contribution in [2.24, 2.45) is 17.0 Å². The van der Waals surface area contributed by atoms with E-state index in [-0.39, 0.29) is 6.10 Å². The van der Waals surface area contributed by atoms with Crippen molar-refractivity contribution in [2.75, 3.05) is 13.2 Å². The summed E-state index contributed by atoms with van der Waals surface area (Å²) in [6.07, 6.45) is 6.83. The molecule has 78 valence electrons. The average Bonchev–Trinajstić information content (AvgIpc) is 2.85. The largest absolute Gasteiger partial charge is 0.378 e. The first-order valence-corrected chi connectivity index (χ1v) is 5.52. The smallest absolute Gasteiger partial charge is 0.0635 e. The molecule has 1 saturated heterocycles. The minimum absolute atomic E-state index is 0.191. The fraction of sp³-hybridized carbons (Fsp3) is 1.00. The van der Waals surface area contributed by atoms with E-state index in [1.54, 1.807) is 0 Å². The lowest BCUT2D eigenvalue weighted by Gasteiger charge is -2.15. The molecule has 1 aliphatic carbocycles. The Hall–Kier alpha value is -0.730. The van der Waals surface area contributed by atoms with E-state index in [0.717, 1.165) is 24.9 Å². The zero-order valence-corrected chi connectivity index (χ0v) is 8.43. The van der Waals surface area contributed by atoms with Gasteiger partial charge in [-0.2, -0.15) is 0 Å². The molecule has 0 spiro atoms. The van der Waals surface area contributed by atoms with Crippen molar-refractivity contribution in [1.29, 1.82) is 0 Å². The third-order valence-electron chi connectivity index (χ3n) is 3.53. The van der Waals surface area contributed by atoms with Crippen LogP contribution in [0.1, 0.15) is 32.1 Å². The van der Waals surface area contributed by atoms with Gasteiger partial charge in [0.15, 0.2) is 0 Å². The van der Waals surface area contributed by atoms with Gasteiger partial charge >= 0.3 is 0 Å². The van der Waals surface area contributed by atoms with Gasteiger partial charge in [-0.3, -0.25) is 0 Å². The van der Waals surface area contributed by atoms with Crippen molar-refractivity contribution in [1.82, 2.24) is 0 Å². The summed E-state index contributed by atoms with van der Waals surface area (Å²) in [7, 11) is 0. The first-order valence-electron chi connectivity index (χ1n) is 5.52. The van der Waals surface area contributed by atoms with Gasteiger partial charge in [-0.05, 0) is 23.8 Å². The van der Waals surface area contributed by atoms with Crippen molar-refractivity contribution in [3.05, 3.63) is 10.4 Å². The first-order chi connectivity index (χ1) is 6.90. The van der Waals surface area contributed by atoms with E-state index in [0.29, 0.717) is 6.54 Å². The molecule has 0 aromatic heterocycles. The number of azide groups is 1. The molecule has 2 atom stereocenters. The zero-order valence-electron chi connectivity index (χ0n) is 8.43. The fourth-order valence-corrected chi connectivity index (χ4v) is 2.75. The first kappa shape index (κ1) is 9.81. The van der Waals surface area contributed by atoms with Crippen molar-refractivity contribution < 1.29 is 4.74 Å². The Balaban J connectivity index is 1.78. The van der Waals surface area contributed by atoms with Gasteiger partial charge < -0.3 is 4.74 Å². The number of nitrogens with zero attached hydrogens (tertiary/aromatic N) is 3. The van der Waals surface area contributed by atoms with Crippen molar-refractivity contribution in [2.45, 2.75) is 38.2 Å². The standard InChI is InChI=1S/C10H17N3O/c11-13-12-6-10-5-9(7-14-10)8-3-1-2-4-8/h8-10H,1-7H2/t9-,10+/m0/s1. The molecule has 4 nitrogen and oxygen atoms in total. The molecule has 0 unspecified atom stereocenters. The van der Waals surface area contributed by atoms with Crippen molar-refractivity contribution in [3.63, 3.8) is 0 Å². The van der Waals surface area contributed by atoms with Crippen LogP contribution in [0.2, 0.25) is 0 Å². The van der Waals surface area contributed by atoms with Crippen LogP contribution in [0.4, 0.5) is 0 Å². The van der Waals surface area contributed by atoms with E-state index < -0.39 is 0 Å². The summed E-state index contributed by atoms with van der Waals surface area (Å²) in [6.45, 7) is 1.40. The molecule has 0 aromatic carbocycles. The maximum absolute atomic E-state index is 8.21. The highest BCUT2D eigenvalue weighted by atomic mass is 16.5. The lowest BCUT2D eigenvalue weighted by molar-refractivity contribution is 0.108. The van der Waals surface area contributed by atoms with Gasteiger partial charge in [0.1, 0.15) is 0 Å². The van der Waals surface area contributed by atoms with Crippen molar-refractivity contribution in [3.8, 4) is 0 Å². The maximum Gasteiger partial charge on any atom is 0.0635 e. The van der Waals surface area contributed by atoms with E-state index in [4.69, 9.17) is 10.3 Å². The number of rotatable bonds is 3. The second kappa shape index (κ2) is 4.67. The zero-order chi connectivity index (χ0) is 9.80. The lowest BCUT2D eigenvalue weighted by atomic mass is 9.89. The normalized spacial score (nSPS) is 33.1. The molecule has 1 heterocycles. The number of hydrogen-bond donors (Lipinski definition) is 0. The van der Waals surface area contributed by atoms with E-state index in [2.05, 4.69) is 10.0 Å². The molecule has 0 bridgehead atoms. The van der Waals surface area contributed by atoms with Gasteiger partial charge in [-0.25, -0.2) is 0 Å². The van der Waals surface area contributed by atoms with Gasteiger partial charge in [-0.1, -0.05) is 30.8 Å². The average molecular weight is 195 g/mol. The second-order valence-electron chi connectivity index (χ2n) is 4.41. The molecule has 0 amide bonds. The summed E-state index contributed by atoms with van der Waals surface area (Å²) < 4.78 is 5.62. The summed E-state index contributed by atoms with van der Waals surface area (Å²) >= 11 is 0. The quantitative estimate of drug-likeness (QED) is 0.388. The highest BCUT2D eigenvalue weighted by molar-refractivity contribution is 4.83. The van der Waals surface area contributed by atoms with Gasteiger partial charge in [0.2, 0.25) is 0 Å². The minimum atomic E-state index is 0.191. The van der Waals surface area contributed by atoms with Crippen LogP contribution < -0.4 is 0 Å². The third kappa shape index (κ3) is 2.20. The van der Waals surface area contributed by atoms with Crippen LogP contribution in [0.3, 0.4) is 0 Å². The van der Waals surface area contributed by atoms with Crippen LogP contribution in [0.25, 0.3) is 10.4 Å². The Morgan fingerprint density at radius 3 is 2.79 bits per heavy atom. The highest BCUT2D eigenvalue weighted by Gasteiger charge is 2.32. The molecule has 1 aliphatic heterocycles. The van der Waals surface area contributed by atoms with Crippen LogP contribution in [0, 0.1) is 11.8 Å². The molecule has 2 aliphatic rings. The maximum atomic E-state index is 8.21. The van der Waals surface area contributed by atoms with E-state index in [9.17, 15) is 0 Å². The summed E-state index contributed by atoms with van der Waals surface area (Å²) in [5, 5.41) is 3.57. The Morgan fingerprint density at radius 1 is 1.29 bits per heavy atom. The van der Waals surface area contributed by atoms with Gasteiger partial charge in [0.25, 0.3) is 0 Å². The summed E-state index contributed by atoms with van der Waals surface area (Å²) in [4.78, 5) is 2.77. The highest BCUT2D eigenvalue weighted by Crippen LogP contribution is 2.37. The van der Waals surface area contributed by atoms with E-state index >= 15 is 0 Å². The molecule has 4 heteroatoms. The molecule has 0 aromatic rings. The fourth-order valence-electron chi connectivity index (χ4n) is 2.75. The lowest BCUT2D eigenvalue weighted by Crippen LogP contribution is -2.12. The van der Waals surface area contributed by atoms with Crippen LogP contribution in [-0.2, 0) is 4.74 Å². The predicted molar refractivity (Wildman–Crippen MR) is 53.8 cm³/mol. The van der Waals surface area contributed by atoms with E-state index in [1.807, 2.05) is 0 Å². The van der Waals surface area contributed by atoms with Gasteiger partial charge in [0, 0.05) is 4.91 Å². The Bertz CT molecular complexity index is 232. The molecule has 2 fully saturated rings. The topological polar surface area (TPSA) is 58.0 Å². The Morgan fingerprint density at radius 2 is 2.07 bits per heavy atom. The molecule has 1 saturated carbocycles. The van der Waals surface area contributed by atoms with Crippen LogP contribution >= 0.6 is 0 Å².